The van der Waals surface area contributed by atoms with Crippen molar-refractivity contribution in [3.8, 4) is 5.69 Å². The molecule has 24 heavy (non-hydrogen) atoms. The van der Waals surface area contributed by atoms with Crippen molar-refractivity contribution in [3.63, 3.8) is 0 Å². The van der Waals surface area contributed by atoms with Gasteiger partial charge in [-0.05, 0) is 31.3 Å². The first-order chi connectivity index (χ1) is 11.5. The SMILES string of the molecule is C=CNc1c(C(C)=N)[nH]c(=O)n1-c1cccc(NC)c1.CCCC. The van der Waals surface area contributed by atoms with Crippen LogP contribution in [0, 0.1) is 5.41 Å². The number of unbranched alkanes of at least 4 members (excludes halogenated alkanes) is 1. The van der Waals surface area contributed by atoms with Gasteiger partial charge in [0.15, 0.2) is 0 Å². The van der Waals surface area contributed by atoms with Crippen LogP contribution in [0.2, 0.25) is 0 Å². The number of imidazole rings is 1. The number of hydrogen-bond donors (Lipinski definition) is 4. The molecule has 2 aromatic rings. The van der Waals surface area contributed by atoms with Gasteiger partial charge in [-0.15, -0.1) is 0 Å². The molecule has 0 spiro atoms. The molecule has 0 saturated carbocycles. The number of anilines is 2. The third-order valence-corrected chi connectivity index (χ3v) is 3.40. The summed E-state index contributed by atoms with van der Waals surface area (Å²) >= 11 is 0. The smallest absolute Gasteiger partial charge is 0.332 e. The number of hydrogen-bond acceptors (Lipinski definition) is 4. The van der Waals surface area contributed by atoms with E-state index < -0.39 is 0 Å². The third kappa shape index (κ3) is 4.62. The second kappa shape index (κ2) is 9.39. The fourth-order valence-corrected chi connectivity index (χ4v) is 1.99. The van der Waals surface area contributed by atoms with E-state index in [0.29, 0.717) is 17.2 Å². The summed E-state index contributed by atoms with van der Waals surface area (Å²) in [7, 11) is 1.81. The molecule has 0 aliphatic carbocycles. The van der Waals surface area contributed by atoms with Crippen molar-refractivity contribution in [1.29, 1.82) is 5.41 Å². The Hall–Kier alpha value is -2.76. The van der Waals surface area contributed by atoms with E-state index in [4.69, 9.17) is 5.41 Å². The van der Waals surface area contributed by atoms with Gasteiger partial charge in [-0.3, -0.25) is 0 Å². The van der Waals surface area contributed by atoms with Crippen molar-refractivity contribution in [1.82, 2.24) is 9.55 Å². The van der Waals surface area contributed by atoms with Crippen LogP contribution in [0.5, 0.6) is 0 Å². The molecule has 1 aromatic carbocycles. The lowest BCUT2D eigenvalue weighted by Crippen LogP contribution is -2.16. The predicted octanol–water partition coefficient (Wildman–Crippen LogP) is 3.96. The minimum atomic E-state index is -0.302. The summed E-state index contributed by atoms with van der Waals surface area (Å²) in [5, 5.41) is 13.7. The van der Waals surface area contributed by atoms with Gasteiger partial charge < -0.3 is 21.0 Å². The molecule has 6 nitrogen and oxygen atoms in total. The molecule has 0 aliphatic rings. The van der Waals surface area contributed by atoms with Gasteiger partial charge >= 0.3 is 5.69 Å². The fraction of sp³-hybridized carbons (Fsp3) is 0.333. The Morgan fingerprint density at radius 1 is 1.38 bits per heavy atom. The summed E-state index contributed by atoms with van der Waals surface area (Å²) in [5.41, 5.74) is 2.02. The topological polar surface area (TPSA) is 85.7 Å². The highest BCUT2D eigenvalue weighted by Gasteiger charge is 2.16. The van der Waals surface area contributed by atoms with Crippen LogP contribution < -0.4 is 16.3 Å². The zero-order valence-corrected chi connectivity index (χ0v) is 14.9. The van der Waals surface area contributed by atoms with Gasteiger partial charge in [0, 0.05) is 12.7 Å². The summed E-state index contributed by atoms with van der Waals surface area (Å²) in [6.45, 7) is 9.59. The normalized spacial score (nSPS) is 9.67. The van der Waals surface area contributed by atoms with Gasteiger partial charge in [0.25, 0.3) is 0 Å². The molecule has 0 bridgehead atoms. The first kappa shape index (κ1) is 19.3. The molecule has 0 radical (unpaired) electrons. The maximum Gasteiger partial charge on any atom is 0.332 e. The molecule has 4 N–H and O–H groups in total. The standard InChI is InChI=1S/C14H17N5O.C4H10/c1-4-17-13-12(9(2)15)18-14(20)19(13)11-7-5-6-10(8-11)16-3;1-3-4-2/h4-8,15-17H,1H2,2-3H3,(H,18,20);3-4H2,1-2H3. The van der Waals surface area contributed by atoms with Crippen LogP contribution in [0.1, 0.15) is 39.3 Å². The van der Waals surface area contributed by atoms with Gasteiger partial charge in [0.1, 0.15) is 11.5 Å². The number of benzene rings is 1. The van der Waals surface area contributed by atoms with Gasteiger partial charge in [-0.2, -0.15) is 0 Å². The molecule has 1 heterocycles. The van der Waals surface area contributed by atoms with E-state index in [1.807, 2.05) is 31.3 Å². The van der Waals surface area contributed by atoms with Crippen LogP contribution in [-0.2, 0) is 0 Å². The maximum absolute atomic E-state index is 12.2. The summed E-state index contributed by atoms with van der Waals surface area (Å²) in [6, 6.07) is 7.44. The molecule has 0 aliphatic heterocycles. The van der Waals surface area contributed by atoms with Crippen LogP contribution in [-0.4, -0.2) is 22.3 Å². The molecule has 2 rings (SSSR count). The monoisotopic (exact) mass is 329 g/mol. The lowest BCUT2D eigenvalue weighted by molar-refractivity contribution is 0.886. The number of rotatable bonds is 6. The third-order valence-electron chi connectivity index (χ3n) is 3.40. The van der Waals surface area contributed by atoms with Crippen LogP contribution in [0.3, 0.4) is 0 Å². The number of H-pyrrole nitrogens is 1. The van der Waals surface area contributed by atoms with Gasteiger partial charge in [-0.1, -0.05) is 39.3 Å². The highest BCUT2D eigenvalue weighted by Crippen LogP contribution is 2.20. The van der Waals surface area contributed by atoms with Crippen molar-refractivity contribution in [3.05, 3.63) is 53.2 Å². The van der Waals surface area contributed by atoms with Gasteiger partial charge in [-0.25, -0.2) is 9.36 Å². The summed E-state index contributed by atoms with van der Waals surface area (Å²) in [4.78, 5) is 14.8. The Kier molecular flexibility index (Phi) is 7.55. The Labute approximate surface area is 143 Å². The van der Waals surface area contributed by atoms with Crippen molar-refractivity contribution in [2.45, 2.75) is 33.6 Å². The molecule has 1 aromatic heterocycles. The van der Waals surface area contributed by atoms with Gasteiger partial charge in [0.05, 0.1) is 11.4 Å². The highest BCUT2D eigenvalue weighted by molar-refractivity contribution is 5.99. The Balaban J connectivity index is 0.000000648. The van der Waals surface area contributed by atoms with Crippen LogP contribution in [0.4, 0.5) is 11.5 Å². The Morgan fingerprint density at radius 2 is 2.04 bits per heavy atom. The number of aromatic nitrogens is 2. The number of aromatic amines is 1. The van der Waals surface area contributed by atoms with E-state index in [1.54, 1.807) is 6.92 Å². The Morgan fingerprint density at radius 3 is 2.54 bits per heavy atom. The largest absolute Gasteiger partial charge is 0.388 e. The molecular weight excluding hydrogens is 302 g/mol. The maximum atomic E-state index is 12.2. The zero-order chi connectivity index (χ0) is 18.1. The van der Waals surface area contributed by atoms with Crippen molar-refractivity contribution >= 4 is 17.2 Å². The van der Waals surface area contributed by atoms with Crippen molar-refractivity contribution < 1.29 is 0 Å². The second-order valence-corrected chi connectivity index (χ2v) is 5.26. The van der Waals surface area contributed by atoms with Crippen LogP contribution >= 0.6 is 0 Å². The predicted molar refractivity (Wildman–Crippen MR) is 103 cm³/mol. The second-order valence-electron chi connectivity index (χ2n) is 5.26. The fourth-order valence-electron chi connectivity index (χ4n) is 1.99. The van der Waals surface area contributed by atoms with E-state index in [9.17, 15) is 4.79 Å². The van der Waals surface area contributed by atoms with Crippen molar-refractivity contribution in [2.24, 2.45) is 0 Å². The van der Waals surface area contributed by atoms with E-state index in [2.05, 4.69) is 36.0 Å². The minimum absolute atomic E-state index is 0.273. The highest BCUT2D eigenvalue weighted by atomic mass is 16.1. The minimum Gasteiger partial charge on any atom is -0.388 e. The molecule has 0 unspecified atom stereocenters. The van der Waals surface area contributed by atoms with E-state index >= 15 is 0 Å². The average molecular weight is 329 g/mol. The quantitative estimate of drug-likeness (QED) is 0.605. The molecule has 0 atom stereocenters. The molecular formula is C18H27N5O. The number of nitrogens with one attached hydrogen (secondary N) is 4. The first-order valence-corrected chi connectivity index (χ1v) is 8.06. The van der Waals surface area contributed by atoms with E-state index in [1.165, 1.54) is 23.6 Å². The lowest BCUT2D eigenvalue weighted by atomic mass is 10.2. The van der Waals surface area contributed by atoms with Crippen LogP contribution in [0.25, 0.3) is 5.69 Å². The molecule has 6 heteroatoms. The Bertz CT molecular complexity index is 740. The molecule has 0 saturated heterocycles. The summed E-state index contributed by atoms with van der Waals surface area (Å²) < 4.78 is 1.48. The molecule has 0 amide bonds. The summed E-state index contributed by atoms with van der Waals surface area (Å²) in [5.74, 6) is 0.505. The van der Waals surface area contributed by atoms with E-state index in [-0.39, 0.29) is 11.4 Å². The van der Waals surface area contributed by atoms with E-state index in [0.717, 1.165) is 5.69 Å². The first-order valence-electron chi connectivity index (χ1n) is 8.06. The van der Waals surface area contributed by atoms with Crippen molar-refractivity contribution in [2.75, 3.05) is 17.7 Å². The zero-order valence-electron chi connectivity index (χ0n) is 14.9. The lowest BCUT2D eigenvalue weighted by Gasteiger charge is -2.10. The summed E-state index contributed by atoms with van der Waals surface area (Å²) in [6.07, 6.45) is 4.12. The number of nitrogens with zero attached hydrogens (tertiary/aromatic N) is 1. The van der Waals surface area contributed by atoms with Crippen LogP contribution in [0.15, 0.2) is 41.8 Å². The molecule has 0 fully saturated rings. The van der Waals surface area contributed by atoms with Gasteiger partial charge in [0.2, 0.25) is 0 Å². The average Bonchev–Trinajstić information content (AvgIpc) is 2.92. The molecule has 130 valence electrons.